The minimum Gasteiger partial charge on any atom is -0.326 e. The molecule has 3 heteroatoms. The fourth-order valence-electron chi connectivity index (χ4n) is 3.01. The summed E-state index contributed by atoms with van der Waals surface area (Å²) in [5, 5.41) is 0. The molecular formula is C18H23N3. The molecule has 1 saturated carbocycles. The van der Waals surface area contributed by atoms with E-state index >= 15 is 0 Å². The molecule has 0 aliphatic heterocycles. The quantitative estimate of drug-likeness (QED) is 0.884. The molecule has 0 amide bonds. The Labute approximate surface area is 126 Å². The summed E-state index contributed by atoms with van der Waals surface area (Å²) in [4.78, 5) is 6.70. The van der Waals surface area contributed by atoms with Crippen molar-refractivity contribution in [3.63, 3.8) is 0 Å². The van der Waals surface area contributed by atoms with Gasteiger partial charge in [0.1, 0.15) is 0 Å². The van der Waals surface area contributed by atoms with Crippen LogP contribution >= 0.6 is 0 Å². The molecule has 1 aliphatic rings. The molecule has 3 nitrogen and oxygen atoms in total. The van der Waals surface area contributed by atoms with E-state index in [-0.39, 0.29) is 12.1 Å². The van der Waals surface area contributed by atoms with E-state index in [1.54, 1.807) is 0 Å². The van der Waals surface area contributed by atoms with Gasteiger partial charge in [-0.25, -0.2) is 0 Å². The van der Waals surface area contributed by atoms with Crippen molar-refractivity contribution in [3.8, 4) is 0 Å². The molecule has 1 heterocycles. The fourth-order valence-corrected chi connectivity index (χ4v) is 3.01. The number of hydrogen-bond donors (Lipinski definition) is 1. The molecular weight excluding hydrogens is 258 g/mol. The predicted octanol–water partition coefficient (Wildman–Crippen LogP) is 3.13. The van der Waals surface area contributed by atoms with Crippen LogP contribution in [0.1, 0.15) is 36.9 Å². The van der Waals surface area contributed by atoms with Gasteiger partial charge in [-0.1, -0.05) is 30.3 Å². The summed E-state index contributed by atoms with van der Waals surface area (Å²) in [7, 11) is 0. The highest BCUT2D eigenvalue weighted by Gasteiger charge is 2.36. The molecule has 110 valence electrons. The van der Waals surface area contributed by atoms with Crippen LogP contribution in [0, 0.1) is 0 Å². The van der Waals surface area contributed by atoms with Gasteiger partial charge in [0.05, 0.1) is 6.04 Å². The van der Waals surface area contributed by atoms with Crippen LogP contribution in [0.15, 0.2) is 54.9 Å². The lowest BCUT2D eigenvalue weighted by Gasteiger charge is -2.35. The average molecular weight is 281 g/mol. The van der Waals surface area contributed by atoms with E-state index in [0.717, 1.165) is 6.54 Å². The summed E-state index contributed by atoms with van der Waals surface area (Å²) in [6.45, 7) is 3.06. The molecule has 3 rings (SSSR count). The van der Waals surface area contributed by atoms with Gasteiger partial charge >= 0.3 is 0 Å². The minimum atomic E-state index is 0.0942. The molecule has 21 heavy (non-hydrogen) atoms. The number of hydrogen-bond acceptors (Lipinski definition) is 3. The lowest BCUT2D eigenvalue weighted by Crippen LogP contribution is -2.40. The fraction of sp³-hybridized carbons (Fsp3) is 0.389. The molecule has 1 aromatic heterocycles. The number of pyridine rings is 1. The highest BCUT2D eigenvalue weighted by molar-refractivity contribution is 5.20. The van der Waals surface area contributed by atoms with Crippen LogP contribution in [0.2, 0.25) is 0 Å². The molecule has 2 N–H and O–H groups in total. The summed E-state index contributed by atoms with van der Waals surface area (Å²) in [5.41, 5.74) is 8.94. The lowest BCUT2D eigenvalue weighted by atomic mass is 9.99. The zero-order chi connectivity index (χ0) is 14.7. The van der Waals surface area contributed by atoms with Gasteiger partial charge in [-0.15, -0.1) is 0 Å². The molecule has 1 fully saturated rings. The molecule has 2 aromatic rings. The summed E-state index contributed by atoms with van der Waals surface area (Å²) in [6.07, 6.45) is 6.28. The molecule has 0 spiro atoms. The minimum absolute atomic E-state index is 0.0942. The lowest BCUT2D eigenvalue weighted by molar-refractivity contribution is 0.157. The van der Waals surface area contributed by atoms with Crippen molar-refractivity contribution < 1.29 is 0 Å². The van der Waals surface area contributed by atoms with E-state index in [1.165, 1.54) is 24.0 Å². The summed E-state index contributed by atoms with van der Waals surface area (Å²) >= 11 is 0. The molecule has 2 atom stereocenters. The van der Waals surface area contributed by atoms with Crippen LogP contribution in [0.25, 0.3) is 0 Å². The third kappa shape index (κ3) is 3.49. The molecule has 1 aromatic carbocycles. The third-order valence-corrected chi connectivity index (χ3v) is 4.13. The first-order chi connectivity index (χ1) is 10.3. The van der Waals surface area contributed by atoms with Gasteiger partial charge in [0, 0.05) is 31.0 Å². The second-order valence-electron chi connectivity index (χ2n) is 5.97. The van der Waals surface area contributed by atoms with Gasteiger partial charge in [0.2, 0.25) is 0 Å². The normalized spacial score (nSPS) is 17.7. The third-order valence-electron chi connectivity index (χ3n) is 4.13. The van der Waals surface area contributed by atoms with E-state index in [0.29, 0.717) is 6.04 Å². The van der Waals surface area contributed by atoms with E-state index < -0.39 is 0 Å². The van der Waals surface area contributed by atoms with Gasteiger partial charge in [0.15, 0.2) is 0 Å². The molecule has 0 radical (unpaired) electrons. The summed E-state index contributed by atoms with van der Waals surface area (Å²) in [6, 6.07) is 15.9. The maximum absolute atomic E-state index is 6.33. The summed E-state index contributed by atoms with van der Waals surface area (Å²) < 4.78 is 0. The zero-order valence-corrected chi connectivity index (χ0v) is 12.5. The number of nitrogens with two attached hydrogens (primary N) is 1. The Hall–Kier alpha value is -1.71. The van der Waals surface area contributed by atoms with E-state index in [4.69, 9.17) is 5.73 Å². The zero-order valence-electron chi connectivity index (χ0n) is 12.5. The van der Waals surface area contributed by atoms with Crippen molar-refractivity contribution >= 4 is 0 Å². The molecule has 0 bridgehead atoms. The number of rotatable bonds is 6. The highest BCUT2D eigenvalue weighted by Crippen LogP contribution is 2.36. The topological polar surface area (TPSA) is 42.1 Å². The van der Waals surface area contributed by atoms with Crippen molar-refractivity contribution in [2.75, 3.05) is 0 Å². The van der Waals surface area contributed by atoms with Crippen LogP contribution in [0.3, 0.4) is 0 Å². The van der Waals surface area contributed by atoms with Crippen LogP contribution in [0.5, 0.6) is 0 Å². The Balaban J connectivity index is 1.87. The number of nitrogens with zero attached hydrogens (tertiary/aromatic N) is 2. The molecule has 2 unspecified atom stereocenters. The van der Waals surface area contributed by atoms with Crippen LogP contribution in [-0.2, 0) is 6.54 Å². The van der Waals surface area contributed by atoms with Gasteiger partial charge < -0.3 is 5.73 Å². The van der Waals surface area contributed by atoms with Crippen molar-refractivity contribution in [1.29, 1.82) is 0 Å². The molecule has 1 aliphatic carbocycles. The van der Waals surface area contributed by atoms with Crippen molar-refractivity contribution in [3.05, 3.63) is 66.0 Å². The van der Waals surface area contributed by atoms with Crippen molar-refractivity contribution in [1.82, 2.24) is 9.88 Å². The van der Waals surface area contributed by atoms with Gasteiger partial charge in [-0.05, 0) is 43.0 Å². The number of aromatic nitrogens is 1. The van der Waals surface area contributed by atoms with E-state index in [9.17, 15) is 0 Å². The number of benzene rings is 1. The van der Waals surface area contributed by atoms with Gasteiger partial charge in [-0.2, -0.15) is 0 Å². The Morgan fingerprint density at radius 1 is 1.14 bits per heavy atom. The van der Waals surface area contributed by atoms with E-state index in [2.05, 4.69) is 59.3 Å². The highest BCUT2D eigenvalue weighted by atomic mass is 15.2. The van der Waals surface area contributed by atoms with Crippen LogP contribution < -0.4 is 5.73 Å². The smallest absolute Gasteiger partial charge is 0.0504 e. The standard InChI is InChI=1S/C18H23N3/c1-14(19)18(16-9-11-20-12-10-16)21(17-7-8-17)13-15-5-3-2-4-6-15/h2-6,9-12,14,17-18H,7-8,13,19H2,1H3. The first-order valence-electron chi connectivity index (χ1n) is 7.71. The second kappa shape index (κ2) is 6.37. The SMILES string of the molecule is CC(N)C(c1ccncc1)N(Cc1ccccc1)C1CC1. The Kier molecular flexibility index (Phi) is 4.32. The largest absolute Gasteiger partial charge is 0.326 e. The first kappa shape index (κ1) is 14.2. The predicted molar refractivity (Wildman–Crippen MR) is 85.6 cm³/mol. The van der Waals surface area contributed by atoms with Gasteiger partial charge in [0.25, 0.3) is 0 Å². The van der Waals surface area contributed by atoms with Crippen LogP contribution in [0.4, 0.5) is 0 Å². The van der Waals surface area contributed by atoms with Crippen LogP contribution in [-0.4, -0.2) is 22.0 Å². The Bertz CT molecular complexity index is 549. The summed E-state index contributed by atoms with van der Waals surface area (Å²) in [5.74, 6) is 0. The van der Waals surface area contributed by atoms with Crippen molar-refractivity contribution in [2.24, 2.45) is 5.73 Å². The van der Waals surface area contributed by atoms with E-state index in [1.807, 2.05) is 12.4 Å². The Morgan fingerprint density at radius 3 is 2.38 bits per heavy atom. The maximum Gasteiger partial charge on any atom is 0.0504 e. The average Bonchev–Trinajstić information content (AvgIpc) is 3.33. The Morgan fingerprint density at radius 2 is 1.81 bits per heavy atom. The maximum atomic E-state index is 6.33. The first-order valence-corrected chi connectivity index (χ1v) is 7.71. The van der Waals surface area contributed by atoms with Crippen molar-refractivity contribution in [2.45, 2.75) is 44.4 Å². The molecule has 0 saturated heterocycles. The van der Waals surface area contributed by atoms with Gasteiger partial charge in [-0.3, -0.25) is 9.88 Å². The monoisotopic (exact) mass is 281 g/mol. The second-order valence-corrected chi connectivity index (χ2v) is 5.97.